The summed E-state index contributed by atoms with van der Waals surface area (Å²) in [6.07, 6.45) is 5.78. The van der Waals surface area contributed by atoms with Crippen LogP contribution in [0.5, 0.6) is 0 Å². The molecule has 1 aromatic carbocycles. The van der Waals surface area contributed by atoms with Gasteiger partial charge in [0.25, 0.3) is 5.91 Å². The Hall–Kier alpha value is -2.89. The molecule has 0 unspecified atom stereocenters. The Morgan fingerprint density at radius 3 is 2.81 bits per heavy atom. The van der Waals surface area contributed by atoms with Crippen molar-refractivity contribution < 1.29 is 9.32 Å². The van der Waals surface area contributed by atoms with Gasteiger partial charge in [-0.25, -0.2) is 4.98 Å². The van der Waals surface area contributed by atoms with Crippen LogP contribution < -0.4 is 0 Å². The summed E-state index contributed by atoms with van der Waals surface area (Å²) in [5.74, 6) is 1.84. The van der Waals surface area contributed by atoms with Gasteiger partial charge in [0.1, 0.15) is 22.8 Å². The monoisotopic (exact) mass is 350 g/mol. The number of hydrogen-bond acceptors (Lipinski definition) is 4. The molecular formula is C20H22N4O2. The van der Waals surface area contributed by atoms with E-state index in [1.54, 1.807) is 6.92 Å². The Balaban J connectivity index is 1.62. The number of amides is 1. The lowest BCUT2D eigenvalue weighted by Gasteiger charge is -2.32. The maximum atomic E-state index is 13.3. The molecule has 3 aromatic rings. The molecule has 0 radical (unpaired) electrons. The van der Waals surface area contributed by atoms with Gasteiger partial charge in [0.05, 0.1) is 0 Å². The predicted molar refractivity (Wildman–Crippen MR) is 97.8 cm³/mol. The molecule has 1 saturated heterocycles. The van der Waals surface area contributed by atoms with Crippen molar-refractivity contribution in [3.8, 4) is 11.3 Å². The average Bonchev–Trinajstić information content (AvgIpc) is 3.27. The molecule has 4 rings (SSSR count). The highest BCUT2D eigenvalue weighted by Gasteiger charge is 2.31. The minimum absolute atomic E-state index is 0.0125. The zero-order valence-electron chi connectivity index (χ0n) is 15.1. The molecule has 6 nitrogen and oxygen atoms in total. The molecule has 0 saturated carbocycles. The van der Waals surface area contributed by atoms with E-state index < -0.39 is 0 Å². The molecule has 0 aliphatic carbocycles. The number of likely N-dealkylation sites (tertiary alicyclic amines) is 1. The fourth-order valence-corrected chi connectivity index (χ4v) is 3.72. The number of imidazole rings is 1. The fraction of sp³-hybridized carbons (Fsp3) is 0.350. The second-order valence-corrected chi connectivity index (χ2v) is 6.82. The summed E-state index contributed by atoms with van der Waals surface area (Å²) in [6.45, 7) is 3.22. The number of aryl methyl sites for hydroxylation is 2. The average molecular weight is 350 g/mol. The van der Waals surface area contributed by atoms with Gasteiger partial charge in [-0.15, -0.1) is 0 Å². The van der Waals surface area contributed by atoms with Crippen LogP contribution in [0.25, 0.3) is 11.3 Å². The van der Waals surface area contributed by atoms with E-state index in [4.69, 9.17) is 4.52 Å². The Morgan fingerprint density at radius 1 is 1.27 bits per heavy atom. The quantitative estimate of drug-likeness (QED) is 0.726. The first-order chi connectivity index (χ1) is 12.6. The van der Waals surface area contributed by atoms with E-state index in [9.17, 15) is 4.79 Å². The Morgan fingerprint density at radius 2 is 2.08 bits per heavy atom. The van der Waals surface area contributed by atoms with Crippen molar-refractivity contribution in [1.29, 1.82) is 0 Å². The lowest BCUT2D eigenvalue weighted by molar-refractivity contribution is 0.0702. The summed E-state index contributed by atoms with van der Waals surface area (Å²) in [5, 5.41) is 4.15. The van der Waals surface area contributed by atoms with Crippen molar-refractivity contribution in [2.45, 2.75) is 25.7 Å². The first-order valence-corrected chi connectivity index (χ1v) is 8.93. The lowest BCUT2D eigenvalue weighted by Crippen LogP contribution is -2.40. The highest BCUT2D eigenvalue weighted by Crippen LogP contribution is 2.30. The Labute approximate surface area is 152 Å². The van der Waals surface area contributed by atoms with Crippen LogP contribution in [0.3, 0.4) is 0 Å². The zero-order valence-corrected chi connectivity index (χ0v) is 15.1. The number of carbonyl (C=O) groups is 1. The van der Waals surface area contributed by atoms with Gasteiger partial charge in [-0.05, 0) is 19.8 Å². The summed E-state index contributed by atoms with van der Waals surface area (Å²) in [6, 6.07) is 9.71. The van der Waals surface area contributed by atoms with Gasteiger partial charge in [0.2, 0.25) is 0 Å². The Bertz CT molecular complexity index is 913. The predicted octanol–water partition coefficient (Wildman–Crippen LogP) is 3.40. The van der Waals surface area contributed by atoms with E-state index in [2.05, 4.69) is 10.1 Å². The molecule has 3 heterocycles. The normalized spacial score (nSPS) is 17.5. The van der Waals surface area contributed by atoms with E-state index in [0.29, 0.717) is 23.6 Å². The summed E-state index contributed by atoms with van der Waals surface area (Å²) < 4.78 is 7.41. The van der Waals surface area contributed by atoms with Crippen molar-refractivity contribution in [2.24, 2.45) is 7.05 Å². The highest BCUT2D eigenvalue weighted by molar-refractivity contribution is 6.00. The number of piperidine rings is 1. The third-order valence-corrected chi connectivity index (χ3v) is 5.06. The number of benzene rings is 1. The highest BCUT2D eigenvalue weighted by atomic mass is 16.5. The number of nitrogens with zero attached hydrogens (tertiary/aromatic N) is 4. The molecule has 1 fully saturated rings. The fourth-order valence-electron chi connectivity index (χ4n) is 3.72. The van der Waals surface area contributed by atoms with Crippen LogP contribution in [-0.2, 0) is 7.05 Å². The molecule has 1 amide bonds. The summed E-state index contributed by atoms with van der Waals surface area (Å²) >= 11 is 0. The maximum Gasteiger partial charge on any atom is 0.259 e. The number of aromatic nitrogens is 3. The van der Waals surface area contributed by atoms with Gasteiger partial charge in [-0.1, -0.05) is 35.5 Å². The molecular weight excluding hydrogens is 328 g/mol. The third-order valence-electron chi connectivity index (χ3n) is 5.06. The largest absolute Gasteiger partial charge is 0.360 e. The minimum Gasteiger partial charge on any atom is -0.360 e. The minimum atomic E-state index is -0.0125. The van der Waals surface area contributed by atoms with Crippen molar-refractivity contribution in [3.63, 3.8) is 0 Å². The number of rotatable bonds is 3. The van der Waals surface area contributed by atoms with E-state index in [1.807, 2.05) is 59.2 Å². The smallest absolute Gasteiger partial charge is 0.259 e. The van der Waals surface area contributed by atoms with Crippen LogP contribution >= 0.6 is 0 Å². The topological polar surface area (TPSA) is 64.2 Å². The third kappa shape index (κ3) is 2.92. The molecule has 2 aromatic heterocycles. The van der Waals surface area contributed by atoms with Crippen LogP contribution in [0.1, 0.15) is 40.7 Å². The molecule has 1 aliphatic rings. The van der Waals surface area contributed by atoms with Gasteiger partial charge in [-0.3, -0.25) is 4.79 Å². The first-order valence-electron chi connectivity index (χ1n) is 8.93. The van der Waals surface area contributed by atoms with Crippen LogP contribution in [0, 0.1) is 6.92 Å². The van der Waals surface area contributed by atoms with Crippen LogP contribution in [-0.4, -0.2) is 38.6 Å². The standard InChI is InChI=1S/C20H22N4O2/c1-14-17(18(22-26-14)15-7-4-3-5-8-15)20(25)24-11-6-9-16(13-24)19-21-10-12-23(19)2/h3-5,7-8,10,12,16H,6,9,11,13H2,1-2H3/t16-/m0/s1. The summed E-state index contributed by atoms with van der Waals surface area (Å²) in [4.78, 5) is 19.7. The molecule has 134 valence electrons. The van der Waals surface area contributed by atoms with Crippen molar-refractivity contribution in [2.75, 3.05) is 13.1 Å². The van der Waals surface area contributed by atoms with Crippen LogP contribution in [0.4, 0.5) is 0 Å². The molecule has 0 bridgehead atoms. The molecule has 1 atom stereocenters. The summed E-state index contributed by atoms with van der Waals surface area (Å²) in [5.41, 5.74) is 2.08. The van der Waals surface area contributed by atoms with E-state index in [1.165, 1.54) is 0 Å². The number of hydrogen-bond donors (Lipinski definition) is 0. The van der Waals surface area contributed by atoms with Gasteiger partial charge < -0.3 is 14.0 Å². The van der Waals surface area contributed by atoms with Crippen molar-refractivity contribution >= 4 is 5.91 Å². The van der Waals surface area contributed by atoms with Gasteiger partial charge in [-0.2, -0.15) is 0 Å². The maximum absolute atomic E-state index is 13.3. The lowest BCUT2D eigenvalue weighted by atomic mass is 9.96. The second kappa shape index (κ2) is 6.78. The van der Waals surface area contributed by atoms with Crippen LogP contribution in [0.15, 0.2) is 47.2 Å². The van der Waals surface area contributed by atoms with E-state index >= 15 is 0 Å². The molecule has 0 N–H and O–H groups in total. The van der Waals surface area contributed by atoms with Crippen LogP contribution in [0.2, 0.25) is 0 Å². The summed E-state index contributed by atoms with van der Waals surface area (Å²) in [7, 11) is 2.00. The molecule has 1 aliphatic heterocycles. The Kier molecular flexibility index (Phi) is 4.32. The SMILES string of the molecule is Cc1onc(-c2ccccc2)c1C(=O)N1CCC[C@H](c2nccn2C)C1. The second-order valence-electron chi connectivity index (χ2n) is 6.82. The first kappa shape index (κ1) is 16.6. The molecule has 26 heavy (non-hydrogen) atoms. The van der Waals surface area contributed by atoms with Gasteiger partial charge >= 0.3 is 0 Å². The van der Waals surface area contributed by atoms with E-state index in [0.717, 1.165) is 30.8 Å². The van der Waals surface area contributed by atoms with Gasteiger partial charge in [0.15, 0.2) is 0 Å². The van der Waals surface area contributed by atoms with Crippen molar-refractivity contribution in [3.05, 3.63) is 59.9 Å². The van der Waals surface area contributed by atoms with Gasteiger partial charge in [0, 0.05) is 44.0 Å². The molecule has 6 heteroatoms. The number of carbonyl (C=O) groups excluding carboxylic acids is 1. The molecule has 0 spiro atoms. The van der Waals surface area contributed by atoms with Crippen molar-refractivity contribution in [1.82, 2.24) is 19.6 Å². The van der Waals surface area contributed by atoms with E-state index in [-0.39, 0.29) is 11.8 Å². The zero-order chi connectivity index (χ0) is 18.1.